The van der Waals surface area contributed by atoms with Crippen LogP contribution in [0.3, 0.4) is 0 Å². The summed E-state index contributed by atoms with van der Waals surface area (Å²) < 4.78 is 4.92. The first-order valence-electron chi connectivity index (χ1n) is 9.27. The van der Waals surface area contributed by atoms with Crippen molar-refractivity contribution in [3.05, 3.63) is 114 Å². The van der Waals surface area contributed by atoms with Gasteiger partial charge in [-0.25, -0.2) is 0 Å². The molecule has 1 N–H and O–H groups in total. The Kier molecular flexibility index (Phi) is 6.41. The first kappa shape index (κ1) is 19.6. The lowest BCUT2D eigenvalue weighted by molar-refractivity contribution is -0.142. The van der Waals surface area contributed by atoms with Crippen LogP contribution in [-0.2, 0) is 15.1 Å². The number of benzene rings is 3. The topological polar surface area (TPSA) is 46.5 Å². The van der Waals surface area contributed by atoms with Gasteiger partial charge in [-0.3, -0.25) is 4.79 Å². The lowest BCUT2D eigenvalue weighted by Gasteiger charge is -2.34. The van der Waals surface area contributed by atoms with Crippen molar-refractivity contribution in [2.24, 2.45) is 0 Å². The van der Waals surface area contributed by atoms with Crippen LogP contribution < -0.4 is 0 Å². The summed E-state index contributed by atoms with van der Waals surface area (Å²) in [5.74, 6) is -0.861. The minimum absolute atomic E-state index is 0.0606. The quantitative estimate of drug-likeness (QED) is 0.598. The highest BCUT2D eigenvalue weighted by Crippen LogP contribution is 2.41. The average Bonchev–Trinajstić information content (AvgIpc) is 2.77. The summed E-state index contributed by atoms with van der Waals surface area (Å²) in [6.07, 6.45) is 3.73. The van der Waals surface area contributed by atoms with Crippen molar-refractivity contribution in [3.63, 3.8) is 0 Å². The van der Waals surface area contributed by atoms with E-state index in [1.54, 1.807) is 6.08 Å². The molecule has 142 valence electrons. The summed E-state index contributed by atoms with van der Waals surface area (Å²) in [5, 5.41) is 11.9. The molecular formula is C25H24O3. The van der Waals surface area contributed by atoms with Crippen molar-refractivity contribution in [2.45, 2.75) is 17.9 Å². The fourth-order valence-corrected chi connectivity index (χ4v) is 3.37. The molecule has 3 aromatic rings. The number of carbonyl (C=O) groups excluding carboxylic acids is 1. The summed E-state index contributed by atoms with van der Waals surface area (Å²) in [4.78, 5) is 12.2. The number of ether oxygens (including phenoxy) is 1. The van der Waals surface area contributed by atoms with E-state index in [1.807, 2.05) is 97.1 Å². The molecule has 2 unspecified atom stereocenters. The Bertz CT molecular complexity index is 904. The summed E-state index contributed by atoms with van der Waals surface area (Å²) in [6.45, 7) is 0. The van der Waals surface area contributed by atoms with Gasteiger partial charge in [0.05, 0.1) is 13.5 Å². The van der Waals surface area contributed by atoms with Gasteiger partial charge in [-0.05, 0) is 22.8 Å². The van der Waals surface area contributed by atoms with Gasteiger partial charge in [0.1, 0.15) is 5.60 Å². The smallest absolute Gasteiger partial charge is 0.306 e. The summed E-state index contributed by atoms with van der Waals surface area (Å²) in [7, 11) is 1.37. The zero-order valence-corrected chi connectivity index (χ0v) is 15.9. The highest BCUT2D eigenvalue weighted by atomic mass is 16.5. The Balaban J connectivity index is 2.11. The maximum Gasteiger partial charge on any atom is 0.306 e. The van der Waals surface area contributed by atoms with Crippen LogP contribution in [0.4, 0.5) is 0 Å². The molecule has 0 aromatic heterocycles. The van der Waals surface area contributed by atoms with Crippen molar-refractivity contribution in [2.75, 3.05) is 7.11 Å². The van der Waals surface area contributed by atoms with E-state index in [0.29, 0.717) is 0 Å². The Morgan fingerprint density at radius 2 is 1.46 bits per heavy atom. The second kappa shape index (κ2) is 9.16. The predicted octanol–water partition coefficient (Wildman–Crippen LogP) is 4.93. The number of carbonyl (C=O) groups is 1. The molecule has 0 aliphatic heterocycles. The van der Waals surface area contributed by atoms with Crippen LogP contribution >= 0.6 is 0 Å². The van der Waals surface area contributed by atoms with Gasteiger partial charge in [-0.2, -0.15) is 0 Å². The fourth-order valence-electron chi connectivity index (χ4n) is 3.37. The van der Waals surface area contributed by atoms with E-state index in [0.717, 1.165) is 16.7 Å². The van der Waals surface area contributed by atoms with E-state index in [1.165, 1.54) is 7.11 Å². The normalized spacial score (nSPS) is 14.4. The molecule has 0 amide bonds. The summed E-state index contributed by atoms with van der Waals surface area (Å²) in [6, 6.07) is 28.8. The fraction of sp³-hybridized carbons (Fsp3) is 0.160. The van der Waals surface area contributed by atoms with Gasteiger partial charge in [0.15, 0.2) is 0 Å². The Labute approximate surface area is 165 Å². The van der Waals surface area contributed by atoms with Crippen LogP contribution in [0.25, 0.3) is 6.08 Å². The molecule has 0 fully saturated rings. The molecular weight excluding hydrogens is 348 g/mol. The molecule has 0 saturated heterocycles. The second-order valence-electron chi connectivity index (χ2n) is 6.68. The standard InChI is InChI=1S/C25H24O3/c1-28-24(26)19-23(21-13-7-3-8-14-21)25(27,22-15-9-4-10-16-22)18-17-20-11-5-2-6-12-20/h2-18,23,27H,19H2,1H3/b18-17+. The van der Waals surface area contributed by atoms with Crippen molar-refractivity contribution in [3.8, 4) is 0 Å². The van der Waals surface area contributed by atoms with Gasteiger partial charge < -0.3 is 9.84 Å². The molecule has 0 heterocycles. The van der Waals surface area contributed by atoms with E-state index in [9.17, 15) is 9.90 Å². The van der Waals surface area contributed by atoms with E-state index < -0.39 is 11.5 Å². The molecule has 0 radical (unpaired) electrons. The molecule has 3 heteroatoms. The summed E-state index contributed by atoms with van der Waals surface area (Å²) >= 11 is 0. The number of esters is 1. The molecule has 0 aliphatic carbocycles. The number of methoxy groups -OCH3 is 1. The number of rotatable bonds is 7. The van der Waals surface area contributed by atoms with Crippen molar-refractivity contribution < 1.29 is 14.6 Å². The minimum Gasteiger partial charge on any atom is -0.469 e. The van der Waals surface area contributed by atoms with Gasteiger partial charge >= 0.3 is 5.97 Å². The molecule has 3 rings (SSSR count). The molecule has 0 aliphatic rings. The monoisotopic (exact) mass is 372 g/mol. The Hall–Kier alpha value is -3.17. The van der Waals surface area contributed by atoms with Gasteiger partial charge in [-0.15, -0.1) is 0 Å². The highest BCUT2D eigenvalue weighted by Gasteiger charge is 2.38. The van der Waals surface area contributed by atoms with E-state index in [2.05, 4.69) is 0 Å². The predicted molar refractivity (Wildman–Crippen MR) is 112 cm³/mol. The maximum atomic E-state index is 12.2. The third-order valence-corrected chi connectivity index (χ3v) is 4.90. The highest BCUT2D eigenvalue weighted by molar-refractivity contribution is 5.71. The van der Waals surface area contributed by atoms with Gasteiger partial charge in [-0.1, -0.05) is 97.1 Å². The van der Waals surface area contributed by atoms with Crippen LogP contribution in [0.1, 0.15) is 29.0 Å². The largest absolute Gasteiger partial charge is 0.469 e. The lowest BCUT2D eigenvalue weighted by atomic mass is 9.75. The van der Waals surface area contributed by atoms with Crippen LogP contribution in [0.2, 0.25) is 0 Å². The first-order valence-corrected chi connectivity index (χ1v) is 9.27. The van der Waals surface area contributed by atoms with Crippen molar-refractivity contribution in [1.29, 1.82) is 0 Å². The molecule has 0 bridgehead atoms. The number of hydrogen-bond acceptors (Lipinski definition) is 3. The van der Waals surface area contributed by atoms with Crippen LogP contribution in [0, 0.1) is 0 Å². The molecule has 3 aromatic carbocycles. The molecule has 2 atom stereocenters. The Morgan fingerprint density at radius 3 is 2.04 bits per heavy atom. The Morgan fingerprint density at radius 1 is 0.929 bits per heavy atom. The first-order chi connectivity index (χ1) is 13.6. The van der Waals surface area contributed by atoms with Crippen molar-refractivity contribution >= 4 is 12.0 Å². The second-order valence-corrected chi connectivity index (χ2v) is 6.68. The zero-order valence-electron chi connectivity index (χ0n) is 15.9. The van der Waals surface area contributed by atoms with Gasteiger partial charge in [0.25, 0.3) is 0 Å². The molecule has 3 nitrogen and oxygen atoms in total. The van der Waals surface area contributed by atoms with Crippen LogP contribution in [0.5, 0.6) is 0 Å². The number of aliphatic hydroxyl groups is 1. The van der Waals surface area contributed by atoms with Crippen LogP contribution in [-0.4, -0.2) is 18.2 Å². The SMILES string of the molecule is COC(=O)CC(c1ccccc1)C(O)(/C=C/c1ccccc1)c1ccccc1. The zero-order chi connectivity index (χ0) is 19.8. The third kappa shape index (κ3) is 4.56. The van der Waals surface area contributed by atoms with Crippen LogP contribution in [0.15, 0.2) is 97.1 Å². The summed E-state index contributed by atoms with van der Waals surface area (Å²) in [5.41, 5.74) is 1.19. The number of hydrogen-bond donors (Lipinski definition) is 1. The minimum atomic E-state index is -1.38. The van der Waals surface area contributed by atoms with E-state index >= 15 is 0 Å². The molecule has 0 spiro atoms. The van der Waals surface area contributed by atoms with Gasteiger partial charge in [0.2, 0.25) is 0 Å². The van der Waals surface area contributed by atoms with Crippen molar-refractivity contribution in [1.82, 2.24) is 0 Å². The van der Waals surface area contributed by atoms with E-state index in [-0.39, 0.29) is 12.4 Å². The van der Waals surface area contributed by atoms with E-state index in [4.69, 9.17) is 4.74 Å². The molecule has 0 saturated carbocycles. The lowest BCUT2D eigenvalue weighted by Crippen LogP contribution is -2.33. The van der Waals surface area contributed by atoms with Gasteiger partial charge in [0, 0.05) is 5.92 Å². The third-order valence-electron chi connectivity index (χ3n) is 4.90. The maximum absolute atomic E-state index is 12.2. The molecule has 28 heavy (non-hydrogen) atoms. The average molecular weight is 372 g/mol.